The zero-order chi connectivity index (χ0) is 16.4. The van der Waals surface area contributed by atoms with E-state index in [9.17, 15) is 9.90 Å². The third-order valence-corrected chi connectivity index (χ3v) is 5.28. The summed E-state index contributed by atoms with van der Waals surface area (Å²) in [5.41, 5.74) is 1.13. The molecule has 0 saturated carbocycles. The average molecular weight is 338 g/mol. The van der Waals surface area contributed by atoms with Crippen LogP contribution in [0.25, 0.3) is 0 Å². The van der Waals surface area contributed by atoms with E-state index in [0.29, 0.717) is 13.0 Å². The van der Waals surface area contributed by atoms with Crippen molar-refractivity contribution in [2.45, 2.75) is 31.5 Å². The van der Waals surface area contributed by atoms with Crippen LogP contribution < -0.4 is 5.32 Å². The smallest absolute Gasteiger partial charge is 0.239 e. The van der Waals surface area contributed by atoms with Crippen molar-refractivity contribution in [3.63, 3.8) is 0 Å². The molecule has 2 heterocycles. The molecule has 0 bridgehead atoms. The van der Waals surface area contributed by atoms with Crippen LogP contribution in [-0.2, 0) is 4.79 Å². The number of halogens is 1. The van der Waals surface area contributed by atoms with Gasteiger partial charge in [0.05, 0.1) is 12.1 Å². The summed E-state index contributed by atoms with van der Waals surface area (Å²) in [6.45, 7) is 5.80. The fourth-order valence-electron chi connectivity index (χ4n) is 3.47. The van der Waals surface area contributed by atoms with E-state index in [-0.39, 0.29) is 18.0 Å². The number of hydrogen-bond acceptors (Lipinski definition) is 4. The lowest BCUT2D eigenvalue weighted by Crippen LogP contribution is -2.53. The van der Waals surface area contributed by atoms with Crippen molar-refractivity contribution >= 4 is 17.5 Å². The molecule has 2 N–H and O–H groups in total. The third-order valence-electron chi connectivity index (χ3n) is 4.93. The number of benzene rings is 1. The third kappa shape index (κ3) is 3.69. The molecule has 5 nitrogen and oxygen atoms in total. The van der Waals surface area contributed by atoms with Gasteiger partial charge in [0.1, 0.15) is 0 Å². The monoisotopic (exact) mass is 337 g/mol. The van der Waals surface area contributed by atoms with Crippen molar-refractivity contribution < 1.29 is 9.90 Å². The van der Waals surface area contributed by atoms with Crippen LogP contribution in [0.4, 0.5) is 0 Å². The molecule has 1 aromatic carbocycles. The molecule has 2 aliphatic rings. The number of aliphatic hydroxyl groups excluding tert-OH is 1. The fourth-order valence-corrected chi connectivity index (χ4v) is 3.76. The van der Waals surface area contributed by atoms with Gasteiger partial charge in [-0.05, 0) is 25.0 Å². The molecule has 2 saturated heterocycles. The predicted octanol–water partition coefficient (Wildman–Crippen LogP) is 1.27. The van der Waals surface area contributed by atoms with Crippen LogP contribution in [0.3, 0.4) is 0 Å². The SMILES string of the molecule is CC(c1ccccc1Cl)N1CCN(C(=O)C2CC(O)CN2)CC1. The van der Waals surface area contributed by atoms with Gasteiger partial charge in [-0.1, -0.05) is 29.8 Å². The molecule has 0 aromatic heterocycles. The predicted molar refractivity (Wildman–Crippen MR) is 90.4 cm³/mol. The molecular formula is C17H24ClN3O2. The topological polar surface area (TPSA) is 55.8 Å². The Balaban J connectivity index is 1.56. The Morgan fingerprint density at radius 2 is 2.00 bits per heavy atom. The van der Waals surface area contributed by atoms with Gasteiger partial charge in [-0.2, -0.15) is 0 Å². The molecule has 23 heavy (non-hydrogen) atoms. The lowest BCUT2D eigenvalue weighted by atomic mass is 10.1. The van der Waals surface area contributed by atoms with Crippen molar-refractivity contribution in [3.05, 3.63) is 34.9 Å². The maximum atomic E-state index is 12.5. The Morgan fingerprint density at radius 1 is 1.30 bits per heavy atom. The molecule has 3 rings (SSSR count). The second kappa shape index (κ2) is 7.18. The number of β-amino-alcohol motifs (C(OH)–C–C–N with tert-alkyl or cyclic N) is 1. The molecule has 0 radical (unpaired) electrons. The van der Waals surface area contributed by atoms with Gasteiger partial charge in [-0.25, -0.2) is 0 Å². The first-order chi connectivity index (χ1) is 11.1. The van der Waals surface area contributed by atoms with Crippen molar-refractivity contribution in [1.82, 2.24) is 15.1 Å². The average Bonchev–Trinajstić information content (AvgIpc) is 3.01. The summed E-state index contributed by atoms with van der Waals surface area (Å²) in [6.07, 6.45) is 0.125. The minimum Gasteiger partial charge on any atom is -0.392 e. The first-order valence-electron chi connectivity index (χ1n) is 8.25. The molecule has 2 aliphatic heterocycles. The second-order valence-electron chi connectivity index (χ2n) is 6.41. The number of nitrogens with zero attached hydrogens (tertiary/aromatic N) is 2. The zero-order valence-electron chi connectivity index (χ0n) is 13.4. The molecular weight excluding hydrogens is 314 g/mol. The summed E-state index contributed by atoms with van der Waals surface area (Å²) >= 11 is 6.29. The molecule has 0 spiro atoms. The molecule has 126 valence electrons. The lowest BCUT2D eigenvalue weighted by Gasteiger charge is -2.39. The van der Waals surface area contributed by atoms with Gasteiger partial charge in [0, 0.05) is 43.8 Å². The molecule has 0 aliphatic carbocycles. The van der Waals surface area contributed by atoms with Gasteiger partial charge in [0.2, 0.25) is 5.91 Å². The largest absolute Gasteiger partial charge is 0.392 e. The van der Waals surface area contributed by atoms with E-state index in [4.69, 9.17) is 11.6 Å². The quantitative estimate of drug-likeness (QED) is 0.872. The van der Waals surface area contributed by atoms with Crippen molar-refractivity contribution in [3.8, 4) is 0 Å². The minimum atomic E-state index is -0.398. The van der Waals surface area contributed by atoms with E-state index in [2.05, 4.69) is 23.2 Å². The van der Waals surface area contributed by atoms with Gasteiger partial charge < -0.3 is 15.3 Å². The van der Waals surface area contributed by atoms with Crippen LogP contribution in [0.15, 0.2) is 24.3 Å². The highest BCUT2D eigenvalue weighted by molar-refractivity contribution is 6.31. The number of amides is 1. The highest BCUT2D eigenvalue weighted by Crippen LogP contribution is 2.28. The number of hydrogen-bond donors (Lipinski definition) is 2. The van der Waals surface area contributed by atoms with Crippen LogP contribution in [-0.4, -0.2) is 65.7 Å². The number of aliphatic hydroxyl groups is 1. The standard InChI is InChI=1S/C17H24ClN3O2/c1-12(14-4-2-3-5-15(14)18)20-6-8-21(9-7-20)17(23)16-10-13(22)11-19-16/h2-5,12-13,16,19,22H,6-11H2,1H3. The van der Waals surface area contributed by atoms with Gasteiger partial charge in [0.25, 0.3) is 0 Å². The first kappa shape index (κ1) is 16.7. The summed E-state index contributed by atoms with van der Waals surface area (Å²) in [6, 6.07) is 7.95. The van der Waals surface area contributed by atoms with Crippen molar-refractivity contribution in [2.24, 2.45) is 0 Å². The summed E-state index contributed by atoms with van der Waals surface area (Å²) in [5.74, 6) is 0.117. The number of carbonyl (C=O) groups excluding carboxylic acids is 1. The van der Waals surface area contributed by atoms with Gasteiger partial charge >= 0.3 is 0 Å². The van der Waals surface area contributed by atoms with Crippen LogP contribution in [0, 0.1) is 0 Å². The summed E-state index contributed by atoms with van der Waals surface area (Å²) in [4.78, 5) is 16.7. The number of carbonyl (C=O) groups is 1. The molecule has 3 unspecified atom stereocenters. The Hall–Kier alpha value is -1.14. The van der Waals surface area contributed by atoms with E-state index >= 15 is 0 Å². The maximum absolute atomic E-state index is 12.5. The normalized spacial score (nSPS) is 27.2. The molecule has 2 fully saturated rings. The Bertz CT molecular complexity index is 561. The Morgan fingerprint density at radius 3 is 2.61 bits per heavy atom. The van der Waals surface area contributed by atoms with Crippen molar-refractivity contribution in [2.75, 3.05) is 32.7 Å². The Kier molecular flexibility index (Phi) is 5.21. The summed E-state index contributed by atoms with van der Waals surface area (Å²) in [5, 5.41) is 13.5. The van der Waals surface area contributed by atoms with Gasteiger partial charge in [0.15, 0.2) is 0 Å². The van der Waals surface area contributed by atoms with E-state index in [1.165, 1.54) is 0 Å². The molecule has 1 amide bonds. The van der Waals surface area contributed by atoms with Crippen LogP contribution in [0.2, 0.25) is 5.02 Å². The van der Waals surface area contributed by atoms with E-state index < -0.39 is 6.10 Å². The summed E-state index contributed by atoms with van der Waals surface area (Å²) in [7, 11) is 0. The van der Waals surface area contributed by atoms with E-state index in [0.717, 1.165) is 36.8 Å². The number of nitrogens with one attached hydrogen (secondary N) is 1. The molecule has 1 aromatic rings. The highest BCUT2D eigenvalue weighted by Gasteiger charge is 2.33. The zero-order valence-corrected chi connectivity index (χ0v) is 14.2. The van der Waals surface area contributed by atoms with Crippen molar-refractivity contribution in [1.29, 1.82) is 0 Å². The van der Waals surface area contributed by atoms with Crippen LogP contribution in [0.1, 0.15) is 24.9 Å². The van der Waals surface area contributed by atoms with Crippen LogP contribution >= 0.6 is 11.6 Å². The number of rotatable bonds is 3. The Labute approximate surface area is 142 Å². The molecule has 6 heteroatoms. The van der Waals surface area contributed by atoms with Crippen LogP contribution in [0.5, 0.6) is 0 Å². The first-order valence-corrected chi connectivity index (χ1v) is 8.63. The molecule has 3 atom stereocenters. The fraction of sp³-hybridized carbons (Fsp3) is 0.588. The van der Waals surface area contributed by atoms with Gasteiger partial charge in [-0.15, -0.1) is 0 Å². The lowest BCUT2D eigenvalue weighted by molar-refractivity contribution is -0.135. The minimum absolute atomic E-state index is 0.117. The second-order valence-corrected chi connectivity index (χ2v) is 6.82. The number of piperazine rings is 1. The highest BCUT2D eigenvalue weighted by atomic mass is 35.5. The maximum Gasteiger partial charge on any atom is 0.239 e. The summed E-state index contributed by atoms with van der Waals surface area (Å²) < 4.78 is 0. The van der Waals surface area contributed by atoms with E-state index in [1.54, 1.807) is 0 Å². The van der Waals surface area contributed by atoms with Gasteiger partial charge in [-0.3, -0.25) is 9.69 Å². The van der Waals surface area contributed by atoms with E-state index in [1.807, 2.05) is 23.1 Å².